The van der Waals surface area contributed by atoms with E-state index in [1.165, 1.54) is 0 Å². The first kappa shape index (κ1) is 12.5. The molecule has 0 aromatic heterocycles. The number of hydrogen-bond acceptors (Lipinski definition) is 3. The Morgan fingerprint density at radius 1 is 1.50 bits per heavy atom. The summed E-state index contributed by atoms with van der Waals surface area (Å²) in [6.07, 6.45) is 0.790. The van der Waals surface area contributed by atoms with E-state index in [2.05, 4.69) is 5.32 Å². The molecule has 0 spiro atoms. The molecule has 1 rings (SSSR count). The molecule has 0 saturated heterocycles. The number of rotatable bonds is 6. The molecule has 1 aromatic rings. The summed E-state index contributed by atoms with van der Waals surface area (Å²) in [6, 6.07) is 7.16. The third-order valence-corrected chi connectivity index (χ3v) is 2.39. The van der Waals surface area contributed by atoms with E-state index < -0.39 is 5.97 Å². The van der Waals surface area contributed by atoms with Crippen LogP contribution in [0.3, 0.4) is 0 Å². The summed E-state index contributed by atoms with van der Waals surface area (Å²) in [5, 5.41) is 21.0. The molecular weight excluding hydrogens is 206 g/mol. The molecule has 0 saturated carbocycles. The van der Waals surface area contributed by atoms with Crippen molar-refractivity contribution in [1.82, 2.24) is 5.32 Å². The van der Waals surface area contributed by atoms with E-state index in [9.17, 15) is 9.90 Å². The van der Waals surface area contributed by atoms with E-state index in [1.54, 1.807) is 18.2 Å². The number of carboxylic acids is 1. The lowest BCUT2D eigenvalue weighted by Gasteiger charge is -2.13. The Balaban J connectivity index is 2.35. The second-order valence-electron chi connectivity index (χ2n) is 3.77. The predicted octanol–water partition coefficient (Wildman–Crippen LogP) is 1.91. The third-order valence-electron chi connectivity index (χ3n) is 2.39. The van der Waals surface area contributed by atoms with Crippen LogP contribution in [0.15, 0.2) is 24.3 Å². The van der Waals surface area contributed by atoms with Crippen LogP contribution < -0.4 is 5.32 Å². The van der Waals surface area contributed by atoms with Gasteiger partial charge < -0.3 is 15.5 Å². The van der Waals surface area contributed by atoms with Crippen molar-refractivity contribution in [3.8, 4) is 5.75 Å². The second kappa shape index (κ2) is 6.12. The molecule has 4 heteroatoms. The van der Waals surface area contributed by atoms with E-state index in [-0.39, 0.29) is 18.2 Å². The molecule has 0 heterocycles. The lowest BCUT2D eigenvalue weighted by molar-refractivity contribution is -0.137. The smallest absolute Gasteiger partial charge is 0.303 e. The van der Waals surface area contributed by atoms with Crippen LogP contribution in [0, 0.1) is 0 Å². The molecule has 0 amide bonds. The molecule has 0 aliphatic heterocycles. The Morgan fingerprint density at radius 3 is 2.88 bits per heavy atom. The van der Waals surface area contributed by atoms with Crippen LogP contribution in [0.1, 0.15) is 31.4 Å². The highest BCUT2D eigenvalue weighted by atomic mass is 16.4. The first-order chi connectivity index (χ1) is 7.59. The van der Waals surface area contributed by atoms with E-state index >= 15 is 0 Å². The lowest BCUT2D eigenvalue weighted by Crippen LogP contribution is -2.20. The zero-order valence-corrected chi connectivity index (χ0v) is 9.31. The summed E-state index contributed by atoms with van der Waals surface area (Å²) < 4.78 is 0. The molecule has 0 radical (unpaired) electrons. The fourth-order valence-electron chi connectivity index (χ4n) is 1.47. The first-order valence-corrected chi connectivity index (χ1v) is 5.33. The zero-order chi connectivity index (χ0) is 12.0. The third kappa shape index (κ3) is 4.31. The number of aromatic hydroxyl groups is 1. The number of benzene rings is 1. The van der Waals surface area contributed by atoms with Gasteiger partial charge in [-0.2, -0.15) is 0 Å². The number of carboxylic acid groups (broad SMARTS) is 1. The minimum atomic E-state index is -0.771. The van der Waals surface area contributed by atoms with Gasteiger partial charge in [0.25, 0.3) is 0 Å². The standard InChI is InChI=1S/C12H17NO3/c1-9(13-7-3-6-12(15)16)10-4-2-5-11(14)8-10/h2,4-5,8-9,13-14H,3,6-7H2,1H3,(H,15,16). The van der Waals surface area contributed by atoms with Gasteiger partial charge in [-0.3, -0.25) is 4.79 Å². The van der Waals surface area contributed by atoms with Crippen LogP contribution in [0.25, 0.3) is 0 Å². The van der Waals surface area contributed by atoms with Crippen molar-refractivity contribution in [1.29, 1.82) is 0 Å². The molecule has 0 bridgehead atoms. The molecule has 0 fully saturated rings. The van der Waals surface area contributed by atoms with Gasteiger partial charge in [-0.1, -0.05) is 12.1 Å². The summed E-state index contributed by atoms with van der Waals surface area (Å²) >= 11 is 0. The fraction of sp³-hybridized carbons (Fsp3) is 0.417. The van der Waals surface area contributed by atoms with Crippen LogP contribution in [-0.2, 0) is 4.79 Å². The fourth-order valence-corrected chi connectivity index (χ4v) is 1.47. The number of hydrogen-bond donors (Lipinski definition) is 3. The van der Waals surface area contributed by atoms with Crippen LogP contribution in [-0.4, -0.2) is 22.7 Å². The Bertz CT molecular complexity index is 352. The molecule has 1 atom stereocenters. The highest BCUT2D eigenvalue weighted by molar-refractivity contribution is 5.66. The summed E-state index contributed by atoms with van der Waals surface area (Å²) in [5.74, 6) is -0.525. The van der Waals surface area contributed by atoms with E-state index in [0.717, 1.165) is 5.56 Å². The molecule has 16 heavy (non-hydrogen) atoms. The quantitative estimate of drug-likeness (QED) is 0.644. The Hall–Kier alpha value is -1.55. The van der Waals surface area contributed by atoms with Gasteiger partial charge in [0, 0.05) is 12.5 Å². The molecule has 0 aliphatic rings. The van der Waals surface area contributed by atoms with Crippen LogP contribution in [0.4, 0.5) is 0 Å². The van der Waals surface area contributed by atoms with Crippen molar-refractivity contribution < 1.29 is 15.0 Å². The monoisotopic (exact) mass is 223 g/mol. The number of phenolic OH excluding ortho intramolecular Hbond substituents is 1. The zero-order valence-electron chi connectivity index (χ0n) is 9.31. The Labute approximate surface area is 94.9 Å². The van der Waals surface area contributed by atoms with Gasteiger partial charge >= 0.3 is 5.97 Å². The van der Waals surface area contributed by atoms with Crippen molar-refractivity contribution in [2.75, 3.05) is 6.54 Å². The molecule has 4 nitrogen and oxygen atoms in total. The summed E-state index contributed by atoms with van der Waals surface area (Å²) in [6.45, 7) is 2.64. The van der Waals surface area contributed by atoms with Gasteiger partial charge in [0.2, 0.25) is 0 Å². The first-order valence-electron chi connectivity index (χ1n) is 5.33. The number of aliphatic carboxylic acids is 1. The van der Waals surface area contributed by atoms with Crippen molar-refractivity contribution in [3.63, 3.8) is 0 Å². The maximum atomic E-state index is 10.3. The number of nitrogens with one attached hydrogen (secondary N) is 1. The predicted molar refractivity (Wildman–Crippen MR) is 61.4 cm³/mol. The summed E-state index contributed by atoms with van der Waals surface area (Å²) in [5.41, 5.74) is 0.996. The van der Waals surface area contributed by atoms with E-state index in [0.29, 0.717) is 13.0 Å². The maximum absolute atomic E-state index is 10.3. The van der Waals surface area contributed by atoms with Crippen molar-refractivity contribution >= 4 is 5.97 Å². The Morgan fingerprint density at radius 2 is 2.25 bits per heavy atom. The highest BCUT2D eigenvalue weighted by Gasteiger charge is 2.05. The van der Waals surface area contributed by atoms with Gasteiger partial charge in [0.1, 0.15) is 5.75 Å². The number of phenols is 1. The molecule has 3 N–H and O–H groups in total. The minimum absolute atomic E-state index is 0.112. The molecule has 0 aliphatic carbocycles. The molecule has 88 valence electrons. The van der Waals surface area contributed by atoms with Gasteiger partial charge in [-0.15, -0.1) is 0 Å². The topological polar surface area (TPSA) is 69.6 Å². The van der Waals surface area contributed by atoms with Crippen LogP contribution >= 0.6 is 0 Å². The number of carbonyl (C=O) groups is 1. The minimum Gasteiger partial charge on any atom is -0.508 e. The van der Waals surface area contributed by atoms with Crippen molar-refractivity contribution in [2.45, 2.75) is 25.8 Å². The van der Waals surface area contributed by atoms with Crippen molar-refractivity contribution in [3.05, 3.63) is 29.8 Å². The van der Waals surface area contributed by atoms with Gasteiger partial charge in [0.15, 0.2) is 0 Å². The van der Waals surface area contributed by atoms with Gasteiger partial charge in [0.05, 0.1) is 0 Å². The maximum Gasteiger partial charge on any atom is 0.303 e. The van der Waals surface area contributed by atoms with E-state index in [4.69, 9.17) is 5.11 Å². The molecule has 1 unspecified atom stereocenters. The summed E-state index contributed by atoms with van der Waals surface area (Å²) in [7, 11) is 0. The van der Waals surface area contributed by atoms with Crippen molar-refractivity contribution in [2.24, 2.45) is 0 Å². The normalized spacial score (nSPS) is 12.3. The molecular formula is C12H17NO3. The second-order valence-corrected chi connectivity index (χ2v) is 3.77. The van der Waals surface area contributed by atoms with Crippen LogP contribution in [0.5, 0.6) is 5.75 Å². The summed E-state index contributed by atoms with van der Waals surface area (Å²) in [4.78, 5) is 10.3. The van der Waals surface area contributed by atoms with Crippen LogP contribution in [0.2, 0.25) is 0 Å². The van der Waals surface area contributed by atoms with Gasteiger partial charge in [-0.25, -0.2) is 0 Å². The van der Waals surface area contributed by atoms with Gasteiger partial charge in [-0.05, 0) is 37.6 Å². The lowest BCUT2D eigenvalue weighted by atomic mass is 10.1. The Kier molecular flexibility index (Phi) is 4.79. The molecule has 1 aromatic carbocycles. The average Bonchev–Trinajstić information content (AvgIpc) is 2.24. The SMILES string of the molecule is CC(NCCCC(=O)O)c1cccc(O)c1. The average molecular weight is 223 g/mol. The largest absolute Gasteiger partial charge is 0.508 e. The highest BCUT2D eigenvalue weighted by Crippen LogP contribution is 2.17. The van der Waals surface area contributed by atoms with E-state index in [1.807, 2.05) is 13.0 Å².